The van der Waals surface area contributed by atoms with Gasteiger partial charge in [-0.05, 0) is 37.1 Å². The molecule has 0 aromatic carbocycles. The third kappa shape index (κ3) is 3.80. The van der Waals surface area contributed by atoms with Crippen LogP contribution in [-0.4, -0.2) is 52.1 Å². The molecule has 2 N–H and O–H groups in total. The van der Waals surface area contributed by atoms with Gasteiger partial charge in [0, 0.05) is 50.1 Å². The van der Waals surface area contributed by atoms with Crippen molar-refractivity contribution in [2.24, 2.45) is 5.92 Å². The van der Waals surface area contributed by atoms with Gasteiger partial charge >= 0.3 is 0 Å². The Bertz CT molecular complexity index is 679. The van der Waals surface area contributed by atoms with Crippen molar-refractivity contribution in [3.63, 3.8) is 0 Å². The normalized spacial score (nSPS) is 19.8. The van der Waals surface area contributed by atoms with Gasteiger partial charge in [0.05, 0.1) is 11.3 Å². The summed E-state index contributed by atoms with van der Waals surface area (Å²) >= 11 is 0. The van der Waals surface area contributed by atoms with Crippen LogP contribution in [0, 0.1) is 5.92 Å². The van der Waals surface area contributed by atoms with Gasteiger partial charge in [0.2, 0.25) is 0 Å². The van der Waals surface area contributed by atoms with Crippen LogP contribution in [0.25, 0.3) is 11.3 Å². The lowest BCUT2D eigenvalue weighted by molar-refractivity contribution is 0.0466. The molecule has 2 fully saturated rings. The van der Waals surface area contributed by atoms with Crippen LogP contribution in [0.15, 0.2) is 36.7 Å². The van der Waals surface area contributed by atoms with Crippen molar-refractivity contribution in [3.8, 4) is 11.3 Å². The maximum absolute atomic E-state index is 10.3. The Labute approximate surface area is 148 Å². The Hall–Kier alpha value is -2.05. The number of aromatic nitrogens is 3. The summed E-state index contributed by atoms with van der Waals surface area (Å²) in [6.45, 7) is 3.68. The summed E-state index contributed by atoms with van der Waals surface area (Å²) in [6, 6.07) is 7.92. The molecule has 0 amide bonds. The van der Waals surface area contributed by atoms with E-state index in [0.29, 0.717) is 5.92 Å². The molecule has 4 rings (SSSR count). The molecule has 25 heavy (non-hydrogen) atoms. The van der Waals surface area contributed by atoms with Gasteiger partial charge in [0.1, 0.15) is 0 Å². The average molecular weight is 339 g/mol. The maximum Gasteiger partial charge on any atom is 0.151 e. The van der Waals surface area contributed by atoms with E-state index in [0.717, 1.165) is 68.9 Å². The Morgan fingerprint density at radius 1 is 1.08 bits per heavy atom. The van der Waals surface area contributed by atoms with Gasteiger partial charge in [0.25, 0.3) is 0 Å². The molecule has 2 aromatic rings. The molecule has 3 heterocycles. The number of hydrogen-bond acceptors (Lipinski definition) is 6. The fraction of sp³-hybridized carbons (Fsp3) is 0.526. The third-order valence-corrected chi connectivity index (χ3v) is 5.33. The summed E-state index contributed by atoms with van der Waals surface area (Å²) in [5.74, 6) is 1.55. The standard InChI is InChI=1S/C19H25N5O/c25-19(7-1-2-8-19)14-21-11-15-12-24(13-15)18-4-3-17(22-23-18)16-5-9-20-10-6-16/h3-6,9-10,15,21,25H,1-2,7-8,11-14H2. The SMILES string of the molecule is OC1(CNCC2CN(c3ccc(-c4ccncc4)nn3)C2)CCCC1. The molecular formula is C19H25N5O. The summed E-state index contributed by atoms with van der Waals surface area (Å²) < 4.78 is 0. The molecule has 6 nitrogen and oxygen atoms in total. The van der Waals surface area contributed by atoms with Crippen LogP contribution in [0.1, 0.15) is 25.7 Å². The number of nitrogens with zero attached hydrogens (tertiary/aromatic N) is 4. The molecule has 0 spiro atoms. The summed E-state index contributed by atoms with van der Waals surface area (Å²) in [4.78, 5) is 6.27. The molecular weight excluding hydrogens is 314 g/mol. The smallest absolute Gasteiger partial charge is 0.151 e. The Balaban J connectivity index is 1.24. The number of pyridine rings is 1. The molecule has 1 aliphatic carbocycles. The van der Waals surface area contributed by atoms with E-state index >= 15 is 0 Å². The van der Waals surface area contributed by atoms with E-state index in [4.69, 9.17) is 0 Å². The molecule has 1 saturated heterocycles. The molecule has 1 saturated carbocycles. The molecule has 0 radical (unpaired) electrons. The van der Waals surface area contributed by atoms with E-state index in [1.807, 2.05) is 24.3 Å². The number of anilines is 1. The van der Waals surface area contributed by atoms with Crippen molar-refractivity contribution < 1.29 is 5.11 Å². The minimum absolute atomic E-state index is 0.461. The molecule has 2 aliphatic rings. The largest absolute Gasteiger partial charge is 0.389 e. The van der Waals surface area contributed by atoms with Crippen LogP contribution < -0.4 is 10.2 Å². The van der Waals surface area contributed by atoms with Crippen molar-refractivity contribution in [1.29, 1.82) is 0 Å². The zero-order valence-corrected chi connectivity index (χ0v) is 14.4. The predicted molar refractivity (Wildman–Crippen MR) is 97.3 cm³/mol. The molecule has 0 bridgehead atoms. The lowest BCUT2D eigenvalue weighted by atomic mass is 9.98. The summed E-state index contributed by atoms with van der Waals surface area (Å²) in [5.41, 5.74) is 1.44. The van der Waals surface area contributed by atoms with E-state index < -0.39 is 5.60 Å². The van der Waals surface area contributed by atoms with Crippen molar-refractivity contribution in [1.82, 2.24) is 20.5 Å². The minimum atomic E-state index is -0.461. The molecule has 0 unspecified atom stereocenters. The summed E-state index contributed by atoms with van der Waals surface area (Å²) in [7, 11) is 0. The first-order valence-corrected chi connectivity index (χ1v) is 9.14. The van der Waals surface area contributed by atoms with Crippen LogP contribution in [-0.2, 0) is 0 Å². The van der Waals surface area contributed by atoms with Gasteiger partial charge < -0.3 is 15.3 Å². The number of rotatable bonds is 6. The minimum Gasteiger partial charge on any atom is -0.389 e. The molecule has 132 valence electrons. The number of aliphatic hydroxyl groups is 1. The zero-order valence-electron chi connectivity index (χ0n) is 14.4. The zero-order chi connectivity index (χ0) is 17.1. The van der Waals surface area contributed by atoms with Crippen LogP contribution in [0.4, 0.5) is 5.82 Å². The van der Waals surface area contributed by atoms with E-state index in [2.05, 4.69) is 25.4 Å². The quantitative estimate of drug-likeness (QED) is 0.837. The second kappa shape index (κ2) is 7.06. The predicted octanol–water partition coefficient (Wildman–Crippen LogP) is 1.87. The highest BCUT2D eigenvalue weighted by atomic mass is 16.3. The van der Waals surface area contributed by atoms with E-state index in [1.54, 1.807) is 12.4 Å². The highest BCUT2D eigenvalue weighted by Crippen LogP contribution is 2.29. The van der Waals surface area contributed by atoms with E-state index in [1.165, 1.54) is 0 Å². The Kier molecular flexibility index (Phi) is 4.63. The van der Waals surface area contributed by atoms with Crippen molar-refractivity contribution >= 4 is 5.82 Å². The molecule has 1 aliphatic heterocycles. The maximum atomic E-state index is 10.3. The highest BCUT2D eigenvalue weighted by molar-refractivity contribution is 5.59. The first kappa shape index (κ1) is 16.4. The lowest BCUT2D eigenvalue weighted by Crippen LogP contribution is -2.52. The fourth-order valence-corrected chi connectivity index (χ4v) is 3.78. The van der Waals surface area contributed by atoms with Crippen molar-refractivity contribution in [3.05, 3.63) is 36.7 Å². The Morgan fingerprint density at radius 2 is 1.84 bits per heavy atom. The number of hydrogen-bond donors (Lipinski definition) is 2. The van der Waals surface area contributed by atoms with E-state index in [-0.39, 0.29) is 0 Å². The first-order chi connectivity index (χ1) is 12.2. The topological polar surface area (TPSA) is 74.2 Å². The average Bonchev–Trinajstić information content (AvgIpc) is 3.05. The van der Waals surface area contributed by atoms with Gasteiger partial charge in [-0.1, -0.05) is 12.8 Å². The van der Waals surface area contributed by atoms with Gasteiger partial charge in [-0.2, -0.15) is 0 Å². The third-order valence-electron chi connectivity index (χ3n) is 5.33. The second-order valence-corrected chi connectivity index (χ2v) is 7.35. The summed E-state index contributed by atoms with van der Waals surface area (Å²) in [5, 5.41) is 22.5. The van der Waals surface area contributed by atoms with Gasteiger partial charge in [-0.25, -0.2) is 0 Å². The monoisotopic (exact) mass is 339 g/mol. The highest BCUT2D eigenvalue weighted by Gasteiger charge is 2.32. The van der Waals surface area contributed by atoms with Gasteiger partial charge in [-0.15, -0.1) is 10.2 Å². The van der Waals surface area contributed by atoms with Gasteiger partial charge in [0.15, 0.2) is 5.82 Å². The van der Waals surface area contributed by atoms with Crippen LogP contribution in [0.5, 0.6) is 0 Å². The molecule has 2 aromatic heterocycles. The van der Waals surface area contributed by atoms with Crippen molar-refractivity contribution in [2.45, 2.75) is 31.3 Å². The van der Waals surface area contributed by atoms with Gasteiger partial charge in [-0.3, -0.25) is 4.98 Å². The molecule has 0 atom stereocenters. The Morgan fingerprint density at radius 3 is 2.52 bits per heavy atom. The van der Waals surface area contributed by atoms with Crippen LogP contribution in [0.2, 0.25) is 0 Å². The fourth-order valence-electron chi connectivity index (χ4n) is 3.78. The lowest BCUT2D eigenvalue weighted by Gasteiger charge is -2.40. The first-order valence-electron chi connectivity index (χ1n) is 9.14. The van der Waals surface area contributed by atoms with Crippen LogP contribution in [0.3, 0.4) is 0 Å². The van der Waals surface area contributed by atoms with Crippen LogP contribution >= 0.6 is 0 Å². The molecule has 6 heteroatoms. The van der Waals surface area contributed by atoms with Crippen molar-refractivity contribution in [2.75, 3.05) is 31.1 Å². The summed E-state index contributed by atoms with van der Waals surface area (Å²) in [6.07, 6.45) is 7.72. The number of nitrogens with one attached hydrogen (secondary N) is 1. The van der Waals surface area contributed by atoms with E-state index in [9.17, 15) is 5.11 Å². The second-order valence-electron chi connectivity index (χ2n) is 7.35.